The molecule has 0 aliphatic heterocycles. The van der Waals surface area contributed by atoms with E-state index in [2.05, 4.69) is 25.6 Å². The van der Waals surface area contributed by atoms with Crippen LogP contribution in [-0.2, 0) is 6.42 Å². The van der Waals surface area contributed by atoms with Crippen LogP contribution < -0.4 is 5.32 Å². The second-order valence-electron chi connectivity index (χ2n) is 3.52. The Balaban J connectivity index is 1.70. The summed E-state index contributed by atoms with van der Waals surface area (Å²) in [5.74, 6) is 0.909. The maximum absolute atomic E-state index is 4.26. The van der Waals surface area contributed by atoms with E-state index in [-0.39, 0.29) is 0 Å². The van der Waals surface area contributed by atoms with Gasteiger partial charge in [0.05, 0.1) is 16.6 Å². The Hall–Kier alpha value is -1.53. The predicted octanol–water partition coefficient (Wildman–Crippen LogP) is 2.80. The SMILES string of the molecule is c1nc(NCCc2cscn2)c2ccsc2n1. The van der Waals surface area contributed by atoms with Crippen LogP contribution in [0.1, 0.15) is 5.69 Å². The molecular formula is C11H10N4S2. The zero-order chi connectivity index (χ0) is 11.5. The molecule has 86 valence electrons. The van der Waals surface area contributed by atoms with E-state index in [1.807, 2.05) is 17.0 Å². The van der Waals surface area contributed by atoms with Crippen molar-refractivity contribution < 1.29 is 0 Å². The lowest BCUT2D eigenvalue weighted by molar-refractivity contribution is 0.969. The first-order valence-electron chi connectivity index (χ1n) is 5.22. The Morgan fingerprint density at radius 1 is 1.24 bits per heavy atom. The highest BCUT2D eigenvalue weighted by Gasteiger charge is 2.03. The molecule has 3 heterocycles. The topological polar surface area (TPSA) is 50.7 Å². The first-order valence-corrected chi connectivity index (χ1v) is 7.05. The van der Waals surface area contributed by atoms with Gasteiger partial charge in [0.15, 0.2) is 0 Å². The van der Waals surface area contributed by atoms with Crippen molar-refractivity contribution in [2.45, 2.75) is 6.42 Å². The Morgan fingerprint density at radius 2 is 2.24 bits per heavy atom. The van der Waals surface area contributed by atoms with Gasteiger partial charge in [-0.05, 0) is 11.4 Å². The normalized spacial score (nSPS) is 10.8. The van der Waals surface area contributed by atoms with Crippen LogP contribution in [-0.4, -0.2) is 21.5 Å². The molecule has 3 rings (SSSR count). The van der Waals surface area contributed by atoms with Crippen LogP contribution in [0.2, 0.25) is 0 Å². The van der Waals surface area contributed by atoms with E-state index >= 15 is 0 Å². The number of thiazole rings is 1. The lowest BCUT2D eigenvalue weighted by Gasteiger charge is -2.04. The van der Waals surface area contributed by atoms with Crippen LogP contribution in [0.3, 0.4) is 0 Å². The second-order valence-corrected chi connectivity index (χ2v) is 5.13. The van der Waals surface area contributed by atoms with Crippen molar-refractivity contribution in [1.29, 1.82) is 0 Å². The van der Waals surface area contributed by atoms with Gasteiger partial charge in [-0.2, -0.15) is 0 Å². The zero-order valence-electron chi connectivity index (χ0n) is 8.96. The van der Waals surface area contributed by atoms with Gasteiger partial charge in [-0.3, -0.25) is 0 Å². The summed E-state index contributed by atoms with van der Waals surface area (Å²) in [6.45, 7) is 0.839. The molecule has 0 radical (unpaired) electrons. The third kappa shape index (κ3) is 2.27. The molecule has 6 heteroatoms. The molecule has 0 fully saturated rings. The van der Waals surface area contributed by atoms with Crippen LogP contribution >= 0.6 is 22.7 Å². The minimum absolute atomic E-state index is 0.839. The molecule has 0 unspecified atom stereocenters. The van der Waals surface area contributed by atoms with E-state index in [0.717, 1.165) is 34.7 Å². The molecule has 0 aromatic carbocycles. The smallest absolute Gasteiger partial charge is 0.138 e. The molecule has 0 saturated carbocycles. The van der Waals surface area contributed by atoms with Gasteiger partial charge < -0.3 is 5.32 Å². The van der Waals surface area contributed by atoms with Crippen molar-refractivity contribution in [2.75, 3.05) is 11.9 Å². The third-order valence-electron chi connectivity index (χ3n) is 2.42. The summed E-state index contributed by atoms with van der Waals surface area (Å²) >= 11 is 3.26. The van der Waals surface area contributed by atoms with Gasteiger partial charge in [-0.1, -0.05) is 0 Å². The minimum atomic E-state index is 0.839. The number of nitrogens with one attached hydrogen (secondary N) is 1. The number of rotatable bonds is 4. The summed E-state index contributed by atoms with van der Waals surface area (Å²) in [5.41, 5.74) is 2.98. The van der Waals surface area contributed by atoms with Crippen molar-refractivity contribution in [1.82, 2.24) is 15.0 Å². The molecule has 3 aromatic heterocycles. The van der Waals surface area contributed by atoms with Crippen molar-refractivity contribution in [3.05, 3.63) is 34.4 Å². The molecule has 1 N–H and O–H groups in total. The van der Waals surface area contributed by atoms with Gasteiger partial charge in [0, 0.05) is 18.3 Å². The molecule has 0 amide bonds. The first kappa shape index (κ1) is 10.6. The van der Waals surface area contributed by atoms with Crippen molar-refractivity contribution in [3.8, 4) is 0 Å². The number of hydrogen-bond donors (Lipinski definition) is 1. The Bertz CT molecular complexity index is 603. The van der Waals surface area contributed by atoms with E-state index in [0.29, 0.717) is 0 Å². The molecule has 17 heavy (non-hydrogen) atoms. The van der Waals surface area contributed by atoms with Crippen molar-refractivity contribution in [3.63, 3.8) is 0 Å². The Labute approximate surface area is 106 Å². The quantitative estimate of drug-likeness (QED) is 0.785. The molecular weight excluding hydrogens is 252 g/mol. The number of fused-ring (bicyclic) bond motifs is 1. The maximum Gasteiger partial charge on any atom is 0.138 e. The molecule has 3 aromatic rings. The van der Waals surface area contributed by atoms with Gasteiger partial charge in [0.1, 0.15) is 17.0 Å². The summed E-state index contributed by atoms with van der Waals surface area (Å²) < 4.78 is 0. The van der Waals surface area contributed by atoms with Crippen molar-refractivity contribution in [2.24, 2.45) is 0 Å². The molecule has 0 saturated heterocycles. The molecule has 0 bridgehead atoms. The van der Waals surface area contributed by atoms with E-state index in [1.165, 1.54) is 0 Å². The second kappa shape index (κ2) is 4.77. The highest BCUT2D eigenvalue weighted by atomic mass is 32.1. The standard InChI is InChI=1S/C11H10N4S2/c1(8-5-16-7-15-8)3-12-10-9-2-4-17-11(9)14-6-13-10/h2,4-7H,1,3H2,(H,12,13,14). The van der Waals surface area contributed by atoms with E-state index in [1.54, 1.807) is 29.0 Å². The monoisotopic (exact) mass is 262 g/mol. The van der Waals surface area contributed by atoms with Crippen molar-refractivity contribution >= 4 is 38.7 Å². The predicted molar refractivity (Wildman–Crippen MR) is 71.7 cm³/mol. The summed E-state index contributed by atoms with van der Waals surface area (Å²) in [6, 6.07) is 2.05. The first-order chi connectivity index (χ1) is 8.43. The average Bonchev–Trinajstić information content (AvgIpc) is 2.99. The van der Waals surface area contributed by atoms with Gasteiger partial charge in [-0.15, -0.1) is 22.7 Å². The fourth-order valence-corrected chi connectivity index (χ4v) is 2.93. The van der Waals surface area contributed by atoms with Gasteiger partial charge in [-0.25, -0.2) is 15.0 Å². The van der Waals surface area contributed by atoms with E-state index in [4.69, 9.17) is 0 Å². The lowest BCUT2D eigenvalue weighted by Crippen LogP contribution is -2.06. The van der Waals surface area contributed by atoms with Crippen LogP contribution in [0.4, 0.5) is 5.82 Å². The highest BCUT2D eigenvalue weighted by molar-refractivity contribution is 7.16. The molecule has 0 spiro atoms. The minimum Gasteiger partial charge on any atom is -0.369 e. The zero-order valence-corrected chi connectivity index (χ0v) is 10.6. The molecule has 4 nitrogen and oxygen atoms in total. The summed E-state index contributed by atoms with van der Waals surface area (Å²) in [5, 5.41) is 8.53. The number of nitrogens with zero attached hydrogens (tertiary/aromatic N) is 3. The summed E-state index contributed by atoms with van der Waals surface area (Å²) in [7, 11) is 0. The molecule has 0 aliphatic rings. The Kier molecular flexibility index (Phi) is 2.98. The number of aromatic nitrogens is 3. The molecule has 0 atom stereocenters. The fraction of sp³-hybridized carbons (Fsp3) is 0.182. The number of thiophene rings is 1. The van der Waals surface area contributed by atoms with Crippen LogP contribution in [0.25, 0.3) is 10.2 Å². The number of anilines is 1. The summed E-state index contributed by atoms with van der Waals surface area (Å²) in [4.78, 5) is 13.8. The van der Waals surface area contributed by atoms with E-state index in [9.17, 15) is 0 Å². The van der Waals surface area contributed by atoms with Gasteiger partial charge in [0.25, 0.3) is 0 Å². The van der Waals surface area contributed by atoms with Gasteiger partial charge in [0.2, 0.25) is 0 Å². The Morgan fingerprint density at radius 3 is 3.12 bits per heavy atom. The fourth-order valence-electron chi connectivity index (χ4n) is 1.60. The molecule has 0 aliphatic carbocycles. The van der Waals surface area contributed by atoms with Gasteiger partial charge >= 0.3 is 0 Å². The van der Waals surface area contributed by atoms with Crippen LogP contribution in [0, 0.1) is 0 Å². The van der Waals surface area contributed by atoms with E-state index < -0.39 is 0 Å². The largest absolute Gasteiger partial charge is 0.369 e. The van der Waals surface area contributed by atoms with Crippen LogP contribution in [0.15, 0.2) is 28.7 Å². The lowest BCUT2D eigenvalue weighted by atomic mass is 10.3. The third-order valence-corrected chi connectivity index (χ3v) is 3.87. The highest BCUT2D eigenvalue weighted by Crippen LogP contribution is 2.23. The number of hydrogen-bond acceptors (Lipinski definition) is 6. The average molecular weight is 262 g/mol. The van der Waals surface area contributed by atoms with Crippen LogP contribution in [0.5, 0.6) is 0 Å². The maximum atomic E-state index is 4.26. The summed E-state index contributed by atoms with van der Waals surface area (Å²) in [6.07, 6.45) is 2.52.